The lowest BCUT2D eigenvalue weighted by molar-refractivity contribution is -0.139. The van der Waals surface area contributed by atoms with Crippen LogP contribution in [0, 0.1) is 5.92 Å². The predicted octanol–water partition coefficient (Wildman–Crippen LogP) is 5.04. The first-order valence-corrected chi connectivity index (χ1v) is 11.1. The monoisotopic (exact) mass is 430 g/mol. The Morgan fingerprint density at radius 3 is 2.50 bits per heavy atom. The van der Waals surface area contributed by atoms with Crippen molar-refractivity contribution >= 4 is 23.3 Å². The Bertz CT molecular complexity index is 797. The number of aryl methyl sites for hydroxylation is 2. The Morgan fingerprint density at radius 2 is 1.77 bits per heavy atom. The molecule has 0 bridgehead atoms. The van der Waals surface area contributed by atoms with E-state index in [1.807, 2.05) is 36.5 Å². The van der Waals surface area contributed by atoms with Crippen molar-refractivity contribution in [1.82, 2.24) is 0 Å². The van der Waals surface area contributed by atoms with E-state index in [9.17, 15) is 9.59 Å². The van der Waals surface area contributed by atoms with E-state index in [0.29, 0.717) is 13.2 Å². The number of carboxylic acids is 1. The van der Waals surface area contributed by atoms with Crippen molar-refractivity contribution in [2.24, 2.45) is 5.92 Å². The fourth-order valence-corrected chi connectivity index (χ4v) is 3.92. The fraction of sp³-hybridized carbons (Fsp3) is 0.417. The summed E-state index contributed by atoms with van der Waals surface area (Å²) in [5.74, 6) is -1.55. The summed E-state index contributed by atoms with van der Waals surface area (Å²) in [7, 11) is 0. The standard InChI is InChI=1S/C24H30O5S/c1-19(17-29-24(27)15-14-23(25)26)10-11-22-13-12-21(30-22)9-5-6-16-28-18-20-7-3-2-4-8-20/h2-4,7-8,12-15,19H,5-6,9-11,16-18H2,1H3,(H,25,26)/b15-14-. The van der Waals surface area contributed by atoms with Crippen molar-refractivity contribution in [2.45, 2.75) is 45.6 Å². The largest absolute Gasteiger partial charge is 0.478 e. The molecule has 0 aliphatic heterocycles. The van der Waals surface area contributed by atoms with Crippen LogP contribution in [0.15, 0.2) is 54.6 Å². The van der Waals surface area contributed by atoms with Crippen LogP contribution in [-0.4, -0.2) is 30.3 Å². The van der Waals surface area contributed by atoms with Gasteiger partial charge in [-0.25, -0.2) is 9.59 Å². The molecule has 0 saturated heterocycles. The van der Waals surface area contributed by atoms with Crippen LogP contribution in [0.4, 0.5) is 0 Å². The molecule has 1 aromatic heterocycles. The molecule has 0 fully saturated rings. The molecule has 2 rings (SSSR count). The molecular weight excluding hydrogens is 400 g/mol. The second-order valence-corrected chi connectivity index (χ2v) is 8.56. The number of unbranched alkanes of at least 4 members (excludes halogenated alkanes) is 1. The van der Waals surface area contributed by atoms with Gasteiger partial charge in [-0.05, 0) is 55.7 Å². The Balaban J connectivity index is 1.55. The summed E-state index contributed by atoms with van der Waals surface area (Å²) in [6, 6.07) is 14.6. The van der Waals surface area contributed by atoms with Gasteiger partial charge in [0.05, 0.1) is 13.2 Å². The van der Waals surface area contributed by atoms with E-state index in [2.05, 4.69) is 24.3 Å². The van der Waals surface area contributed by atoms with Gasteiger partial charge >= 0.3 is 11.9 Å². The minimum absolute atomic E-state index is 0.222. The smallest absolute Gasteiger partial charge is 0.331 e. The lowest BCUT2D eigenvalue weighted by Gasteiger charge is -2.10. The molecular formula is C24H30O5S. The van der Waals surface area contributed by atoms with E-state index in [1.165, 1.54) is 15.3 Å². The first-order valence-electron chi connectivity index (χ1n) is 10.3. The molecule has 1 aromatic carbocycles. The zero-order valence-electron chi connectivity index (χ0n) is 17.4. The summed E-state index contributed by atoms with van der Waals surface area (Å²) in [5.41, 5.74) is 1.21. The Hall–Kier alpha value is -2.44. The van der Waals surface area contributed by atoms with Gasteiger partial charge in [-0.2, -0.15) is 0 Å². The number of aliphatic carboxylic acids is 1. The van der Waals surface area contributed by atoms with Crippen molar-refractivity contribution in [3.05, 3.63) is 69.9 Å². The molecule has 0 spiro atoms. The molecule has 0 saturated carbocycles. The highest BCUT2D eigenvalue weighted by Gasteiger charge is 2.08. The number of carbonyl (C=O) groups excluding carboxylic acids is 1. The minimum atomic E-state index is -1.16. The Morgan fingerprint density at radius 1 is 1.03 bits per heavy atom. The molecule has 30 heavy (non-hydrogen) atoms. The zero-order valence-corrected chi connectivity index (χ0v) is 18.2. The lowest BCUT2D eigenvalue weighted by Crippen LogP contribution is -2.11. The number of hydrogen-bond donors (Lipinski definition) is 1. The maximum absolute atomic E-state index is 11.4. The van der Waals surface area contributed by atoms with Gasteiger partial charge in [-0.3, -0.25) is 0 Å². The highest BCUT2D eigenvalue weighted by Crippen LogP contribution is 2.21. The highest BCUT2D eigenvalue weighted by atomic mass is 32.1. The van der Waals surface area contributed by atoms with Crippen LogP contribution >= 0.6 is 11.3 Å². The van der Waals surface area contributed by atoms with Gasteiger partial charge in [0.15, 0.2) is 0 Å². The molecule has 6 heteroatoms. The third-order valence-corrected chi connectivity index (χ3v) is 5.75. The number of esters is 1. The number of thiophene rings is 1. The molecule has 1 N–H and O–H groups in total. The fourth-order valence-electron chi connectivity index (χ4n) is 2.84. The van der Waals surface area contributed by atoms with Crippen LogP contribution in [0.1, 0.15) is 41.5 Å². The first-order chi connectivity index (χ1) is 14.5. The average Bonchev–Trinajstić information content (AvgIpc) is 3.20. The summed E-state index contributed by atoms with van der Waals surface area (Å²) in [5, 5.41) is 8.49. The molecule has 0 aliphatic carbocycles. The Labute approximate surface area is 182 Å². The minimum Gasteiger partial charge on any atom is -0.478 e. The average molecular weight is 431 g/mol. The Kier molecular flexibility index (Phi) is 10.9. The second-order valence-electron chi connectivity index (χ2n) is 7.31. The van der Waals surface area contributed by atoms with Crippen molar-refractivity contribution in [3.8, 4) is 0 Å². The van der Waals surface area contributed by atoms with Crippen LogP contribution in [0.5, 0.6) is 0 Å². The maximum Gasteiger partial charge on any atom is 0.331 e. The third-order valence-electron chi connectivity index (χ3n) is 4.55. The van der Waals surface area contributed by atoms with Crippen molar-refractivity contribution in [2.75, 3.05) is 13.2 Å². The number of ether oxygens (including phenoxy) is 2. The predicted molar refractivity (Wildman–Crippen MR) is 119 cm³/mol. The molecule has 162 valence electrons. The number of rotatable bonds is 14. The van der Waals surface area contributed by atoms with Crippen molar-refractivity contribution < 1.29 is 24.2 Å². The van der Waals surface area contributed by atoms with Crippen LogP contribution in [0.2, 0.25) is 0 Å². The number of benzene rings is 1. The van der Waals surface area contributed by atoms with Crippen LogP contribution in [0.3, 0.4) is 0 Å². The second kappa shape index (κ2) is 13.7. The molecule has 1 unspecified atom stereocenters. The molecule has 0 amide bonds. The molecule has 5 nitrogen and oxygen atoms in total. The van der Waals surface area contributed by atoms with E-state index in [-0.39, 0.29) is 5.92 Å². The number of carbonyl (C=O) groups is 2. The third kappa shape index (κ3) is 10.4. The van der Waals surface area contributed by atoms with Gasteiger partial charge in [-0.15, -0.1) is 11.3 Å². The molecule has 1 heterocycles. The van der Waals surface area contributed by atoms with E-state index in [1.54, 1.807) is 0 Å². The molecule has 0 aliphatic rings. The SMILES string of the molecule is CC(CCc1ccc(CCCCOCc2ccccc2)s1)COC(=O)/C=C\C(=O)O. The van der Waals surface area contributed by atoms with Crippen LogP contribution < -0.4 is 0 Å². The molecule has 0 radical (unpaired) electrons. The van der Waals surface area contributed by atoms with E-state index in [0.717, 1.165) is 50.9 Å². The summed E-state index contributed by atoms with van der Waals surface area (Å²) < 4.78 is 10.8. The van der Waals surface area contributed by atoms with Gasteiger partial charge in [0, 0.05) is 28.5 Å². The van der Waals surface area contributed by atoms with E-state index >= 15 is 0 Å². The van der Waals surface area contributed by atoms with Gasteiger partial charge < -0.3 is 14.6 Å². The summed E-state index contributed by atoms with van der Waals surface area (Å²) in [6.45, 7) is 3.78. The first kappa shape index (κ1) is 23.8. The molecule has 2 aromatic rings. The van der Waals surface area contributed by atoms with Crippen molar-refractivity contribution in [1.29, 1.82) is 0 Å². The van der Waals surface area contributed by atoms with E-state index < -0.39 is 11.9 Å². The summed E-state index contributed by atoms with van der Waals surface area (Å²) in [6.07, 6.45) is 6.84. The lowest BCUT2D eigenvalue weighted by atomic mass is 10.1. The van der Waals surface area contributed by atoms with Gasteiger partial charge in [-0.1, -0.05) is 37.3 Å². The van der Waals surface area contributed by atoms with Gasteiger partial charge in [0.1, 0.15) is 0 Å². The van der Waals surface area contributed by atoms with Crippen LogP contribution in [-0.2, 0) is 38.5 Å². The number of hydrogen-bond acceptors (Lipinski definition) is 5. The van der Waals surface area contributed by atoms with E-state index in [4.69, 9.17) is 14.6 Å². The molecule has 1 atom stereocenters. The highest BCUT2D eigenvalue weighted by molar-refractivity contribution is 7.11. The normalized spacial score (nSPS) is 12.2. The topological polar surface area (TPSA) is 72.8 Å². The quantitative estimate of drug-likeness (QED) is 0.258. The van der Waals surface area contributed by atoms with Gasteiger partial charge in [0.2, 0.25) is 0 Å². The zero-order chi connectivity index (χ0) is 21.6. The van der Waals surface area contributed by atoms with Gasteiger partial charge in [0.25, 0.3) is 0 Å². The summed E-state index contributed by atoms with van der Waals surface area (Å²) >= 11 is 1.85. The maximum atomic E-state index is 11.4. The number of carboxylic acid groups (broad SMARTS) is 1. The summed E-state index contributed by atoms with van der Waals surface area (Å²) in [4.78, 5) is 24.5. The van der Waals surface area contributed by atoms with Crippen molar-refractivity contribution in [3.63, 3.8) is 0 Å². The van der Waals surface area contributed by atoms with Crippen LogP contribution in [0.25, 0.3) is 0 Å².